The normalized spacial score (nSPS) is 20.3. The summed E-state index contributed by atoms with van der Waals surface area (Å²) in [5.74, 6) is 0.728. The van der Waals surface area contributed by atoms with Crippen molar-refractivity contribution in [3.63, 3.8) is 0 Å². The second kappa shape index (κ2) is 6.54. The van der Waals surface area contributed by atoms with Crippen LogP contribution in [0.25, 0.3) is 16.9 Å². The summed E-state index contributed by atoms with van der Waals surface area (Å²) in [6, 6.07) is 13.3. The third-order valence-corrected chi connectivity index (χ3v) is 4.73. The highest BCUT2D eigenvalue weighted by atomic mass is 16.3. The van der Waals surface area contributed by atoms with Crippen molar-refractivity contribution in [2.75, 3.05) is 5.32 Å². The van der Waals surface area contributed by atoms with Gasteiger partial charge < -0.3 is 10.4 Å². The standard InChI is InChI=1S/C19H19N5O/c20-11-13-5-7-14(8-6-13)16-12-21-19-10-9-18(23-24(16)19)22-15-3-1-2-4-17(15)25/h5-10,12,15,17,25H,1-4H2,(H,22,23)/t15-,17-/m0/s1. The molecule has 4 rings (SSSR count). The Labute approximate surface area is 145 Å². The van der Waals surface area contributed by atoms with Gasteiger partial charge in [-0.15, -0.1) is 5.10 Å². The van der Waals surface area contributed by atoms with E-state index in [-0.39, 0.29) is 12.1 Å². The highest BCUT2D eigenvalue weighted by Gasteiger charge is 2.23. The van der Waals surface area contributed by atoms with Crippen LogP contribution in [-0.2, 0) is 0 Å². The Balaban J connectivity index is 1.66. The summed E-state index contributed by atoms with van der Waals surface area (Å²) in [7, 11) is 0. The average Bonchev–Trinajstić information content (AvgIpc) is 3.07. The number of anilines is 1. The van der Waals surface area contributed by atoms with Crippen LogP contribution in [0.15, 0.2) is 42.6 Å². The molecule has 2 aromatic heterocycles. The first-order valence-corrected chi connectivity index (χ1v) is 8.54. The zero-order valence-corrected chi connectivity index (χ0v) is 13.8. The van der Waals surface area contributed by atoms with E-state index in [9.17, 15) is 5.11 Å². The summed E-state index contributed by atoms with van der Waals surface area (Å²) in [6.07, 6.45) is 5.44. The number of rotatable bonds is 3. The zero-order chi connectivity index (χ0) is 17.2. The van der Waals surface area contributed by atoms with E-state index in [0.29, 0.717) is 5.56 Å². The van der Waals surface area contributed by atoms with E-state index in [1.54, 1.807) is 22.8 Å². The number of nitrogens with zero attached hydrogens (tertiary/aromatic N) is 4. The van der Waals surface area contributed by atoms with Crippen LogP contribution in [-0.4, -0.2) is 31.9 Å². The van der Waals surface area contributed by atoms with E-state index in [1.165, 1.54) is 0 Å². The fraction of sp³-hybridized carbons (Fsp3) is 0.316. The van der Waals surface area contributed by atoms with Crippen LogP contribution in [0.5, 0.6) is 0 Å². The van der Waals surface area contributed by atoms with Crippen LogP contribution >= 0.6 is 0 Å². The van der Waals surface area contributed by atoms with E-state index < -0.39 is 0 Å². The van der Waals surface area contributed by atoms with Crippen LogP contribution in [0.4, 0.5) is 5.82 Å². The predicted molar refractivity (Wildman–Crippen MR) is 95.0 cm³/mol. The van der Waals surface area contributed by atoms with E-state index in [0.717, 1.165) is 48.4 Å². The minimum atomic E-state index is -0.327. The van der Waals surface area contributed by atoms with Gasteiger partial charge >= 0.3 is 0 Å². The van der Waals surface area contributed by atoms with Crippen LogP contribution in [0.1, 0.15) is 31.2 Å². The molecule has 0 radical (unpaired) electrons. The van der Waals surface area contributed by atoms with Crippen molar-refractivity contribution >= 4 is 11.5 Å². The minimum Gasteiger partial charge on any atom is -0.391 e. The molecule has 0 unspecified atom stereocenters. The monoisotopic (exact) mass is 333 g/mol. The lowest BCUT2D eigenvalue weighted by Crippen LogP contribution is -2.36. The van der Waals surface area contributed by atoms with Gasteiger partial charge in [0.05, 0.1) is 35.7 Å². The molecule has 2 heterocycles. The SMILES string of the molecule is N#Cc1ccc(-c2cnc3ccc(N[C@H]4CCCC[C@@H]4O)nn23)cc1. The molecule has 1 aliphatic carbocycles. The number of aliphatic hydroxyl groups is 1. The molecule has 0 bridgehead atoms. The molecule has 2 atom stereocenters. The third-order valence-electron chi connectivity index (χ3n) is 4.73. The van der Waals surface area contributed by atoms with Gasteiger partial charge in [0.15, 0.2) is 5.65 Å². The number of hydrogen-bond acceptors (Lipinski definition) is 5. The van der Waals surface area contributed by atoms with E-state index in [2.05, 4.69) is 21.5 Å². The maximum absolute atomic E-state index is 10.1. The van der Waals surface area contributed by atoms with Crippen LogP contribution in [0, 0.1) is 11.3 Å². The molecule has 1 saturated carbocycles. The van der Waals surface area contributed by atoms with Crippen molar-refractivity contribution in [2.24, 2.45) is 0 Å². The van der Waals surface area contributed by atoms with Gasteiger partial charge in [-0.3, -0.25) is 0 Å². The summed E-state index contributed by atoms with van der Waals surface area (Å²) >= 11 is 0. The van der Waals surface area contributed by atoms with Gasteiger partial charge in [-0.05, 0) is 37.1 Å². The highest BCUT2D eigenvalue weighted by Crippen LogP contribution is 2.24. The molecule has 25 heavy (non-hydrogen) atoms. The van der Waals surface area contributed by atoms with Gasteiger partial charge in [0.25, 0.3) is 0 Å². The van der Waals surface area contributed by atoms with Gasteiger partial charge in [0.2, 0.25) is 0 Å². The molecule has 0 saturated heterocycles. The maximum Gasteiger partial charge on any atom is 0.154 e. The van der Waals surface area contributed by atoms with Crippen molar-refractivity contribution in [3.05, 3.63) is 48.2 Å². The molecule has 1 aliphatic rings. The molecule has 0 aliphatic heterocycles. The Bertz CT molecular complexity index is 925. The highest BCUT2D eigenvalue weighted by molar-refractivity contribution is 5.64. The minimum absolute atomic E-state index is 0.0422. The molecule has 0 amide bonds. The smallest absolute Gasteiger partial charge is 0.154 e. The maximum atomic E-state index is 10.1. The topological polar surface area (TPSA) is 86.2 Å². The van der Waals surface area contributed by atoms with E-state index >= 15 is 0 Å². The van der Waals surface area contributed by atoms with Gasteiger partial charge in [-0.2, -0.15) is 5.26 Å². The molecule has 126 valence electrons. The Morgan fingerprint density at radius 1 is 1.12 bits per heavy atom. The summed E-state index contributed by atoms with van der Waals surface area (Å²) in [6.45, 7) is 0. The van der Waals surface area contributed by atoms with Crippen LogP contribution in [0.2, 0.25) is 0 Å². The number of aromatic nitrogens is 3. The molecule has 1 aromatic carbocycles. The van der Waals surface area contributed by atoms with Gasteiger partial charge in [0.1, 0.15) is 5.82 Å². The van der Waals surface area contributed by atoms with Crippen LogP contribution < -0.4 is 5.32 Å². The second-order valence-corrected chi connectivity index (χ2v) is 6.42. The molecule has 0 spiro atoms. The Hall–Kier alpha value is -2.91. The molecule has 3 aromatic rings. The lowest BCUT2D eigenvalue weighted by Gasteiger charge is -2.28. The number of nitrogens with one attached hydrogen (secondary N) is 1. The number of fused-ring (bicyclic) bond motifs is 1. The van der Waals surface area contributed by atoms with E-state index in [1.807, 2.05) is 24.3 Å². The van der Waals surface area contributed by atoms with Crippen molar-refractivity contribution in [1.82, 2.24) is 14.6 Å². The number of imidazole rings is 1. The van der Waals surface area contributed by atoms with Crippen molar-refractivity contribution < 1.29 is 5.11 Å². The number of nitriles is 1. The molecule has 6 nitrogen and oxygen atoms in total. The van der Waals surface area contributed by atoms with Crippen molar-refractivity contribution in [1.29, 1.82) is 5.26 Å². The zero-order valence-electron chi connectivity index (χ0n) is 13.8. The Morgan fingerprint density at radius 2 is 1.92 bits per heavy atom. The second-order valence-electron chi connectivity index (χ2n) is 6.42. The number of aliphatic hydroxyl groups excluding tert-OH is 1. The summed E-state index contributed by atoms with van der Waals surface area (Å²) in [4.78, 5) is 4.40. The molecular formula is C19H19N5O. The first-order chi connectivity index (χ1) is 12.2. The fourth-order valence-electron chi connectivity index (χ4n) is 3.33. The van der Waals surface area contributed by atoms with Crippen molar-refractivity contribution in [2.45, 2.75) is 37.8 Å². The predicted octanol–water partition coefficient (Wildman–Crippen LogP) is 2.98. The third kappa shape index (κ3) is 3.06. The largest absolute Gasteiger partial charge is 0.391 e. The summed E-state index contributed by atoms with van der Waals surface area (Å²) in [5, 5.41) is 27.1. The quantitative estimate of drug-likeness (QED) is 0.769. The van der Waals surface area contributed by atoms with Crippen molar-refractivity contribution in [3.8, 4) is 17.3 Å². The van der Waals surface area contributed by atoms with Crippen LogP contribution in [0.3, 0.4) is 0 Å². The Kier molecular flexibility index (Phi) is 4.08. The van der Waals surface area contributed by atoms with Gasteiger partial charge in [0, 0.05) is 5.56 Å². The van der Waals surface area contributed by atoms with E-state index in [4.69, 9.17) is 5.26 Å². The summed E-state index contributed by atoms with van der Waals surface area (Å²) < 4.78 is 1.79. The lowest BCUT2D eigenvalue weighted by atomic mass is 9.93. The average molecular weight is 333 g/mol. The lowest BCUT2D eigenvalue weighted by molar-refractivity contribution is 0.116. The number of benzene rings is 1. The molecule has 6 heteroatoms. The van der Waals surface area contributed by atoms with Gasteiger partial charge in [-0.25, -0.2) is 9.50 Å². The molecule has 2 N–H and O–H groups in total. The Morgan fingerprint density at radius 3 is 2.68 bits per heavy atom. The molecular weight excluding hydrogens is 314 g/mol. The number of hydrogen-bond donors (Lipinski definition) is 2. The first kappa shape index (κ1) is 15.6. The van der Waals surface area contributed by atoms with Gasteiger partial charge in [-0.1, -0.05) is 25.0 Å². The molecule has 1 fully saturated rings. The fourth-order valence-corrected chi connectivity index (χ4v) is 3.33. The summed E-state index contributed by atoms with van der Waals surface area (Å²) in [5.41, 5.74) is 3.20. The first-order valence-electron chi connectivity index (χ1n) is 8.54.